The minimum absolute atomic E-state index is 0.560. The van der Waals surface area contributed by atoms with Crippen molar-refractivity contribution in [3.8, 4) is 28.5 Å². The molecule has 0 bridgehead atoms. The van der Waals surface area contributed by atoms with Gasteiger partial charge in [0.2, 0.25) is 5.75 Å². The van der Waals surface area contributed by atoms with Gasteiger partial charge in [-0.15, -0.1) is 0 Å². The summed E-state index contributed by atoms with van der Waals surface area (Å²) in [4.78, 5) is 5.92. The Bertz CT molecular complexity index is 1190. The first-order valence-electron chi connectivity index (χ1n) is 10.1. The summed E-state index contributed by atoms with van der Waals surface area (Å²) >= 11 is 1.68. The van der Waals surface area contributed by atoms with Gasteiger partial charge in [-0.1, -0.05) is 17.4 Å². The van der Waals surface area contributed by atoms with Crippen molar-refractivity contribution in [1.82, 2.24) is 9.38 Å². The highest BCUT2D eigenvalue weighted by Crippen LogP contribution is 2.44. The second-order valence-electron chi connectivity index (χ2n) is 7.19. The molecule has 31 heavy (non-hydrogen) atoms. The number of anilines is 1. The molecule has 0 atom stereocenters. The van der Waals surface area contributed by atoms with Crippen LogP contribution in [0.25, 0.3) is 26.4 Å². The number of rotatable bonds is 9. The van der Waals surface area contributed by atoms with Gasteiger partial charge in [-0.05, 0) is 43.2 Å². The third-order valence-corrected chi connectivity index (χ3v) is 6.16. The van der Waals surface area contributed by atoms with Crippen molar-refractivity contribution < 1.29 is 18.9 Å². The van der Waals surface area contributed by atoms with Gasteiger partial charge >= 0.3 is 0 Å². The van der Waals surface area contributed by atoms with E-state index in [2.05, 4.69) is 34.8 Å². The van der Waals surface area contributed by atoms with Gasteiger partial charge in [0.25, 0.3) is 0 Å². The van der Waals surface area contributed by atoms with E-state index in [9.17, 15) is 0 Å². The number of aryl methyl sites for hydroxylation is 1. The maximum absolute atomic E-state index is 5.56. The van der Waals surface area contributed by atoms with E-state index in [0.717, 1.165) is 40.5 Å². The average Bonchev–Trinajstić information content (AvgIpc) is 3.31. The molecule has 1 N–H and O–H groups in total. The molecule has 0 spiro atoms. The molecule has 0 radical (unpaired) electrons. The Morgan fingerprint density at radius 3 is 2.39 bits per heavy atom. The van der Waals surface area contributed by atoms with Crippen LogP contribution >= 0.6 is 11.3 Å². The van der Waals surface area contributed by atoms with Crippen LogP contribution in [0, 0.1) is 6.92 Å². The Balaban J connectivity index is 1.90. The number of aromatic nitrogens is 2. The molecule has 164 valence electrons. The standard InChI is InChI=1S/C23H27N3O4S/c1-14-7-8-16-19(11-14)31-23-25-20(22(26(16)23)24-9-6-10-27-2)15-12-17(28-3)21(30-5)18(13-15)29-4/h7-8,11-13,24H,6,9-10H2,1-5H3. The van der Waals surface area contributed by atoms with Crippen LogP contribution in [-0.4, -0.2) is 51.0 Å². The Kier molecular flexibility index (Phi) is 6.20. The molecule has 2 aromatic heterocycles. The molecule has 2 aromatic carbocycles. The molecule has 0 aliphatic carbocycles. The zero-order valence-electron chi connectivity index (χ0n) is 18.4. The SMILES string of the molecule is COCCCNc1c(-c2cc(OC)c(OC)c(OC)c2)nc2sc3cc(C)ccc3n12. The first-order valence-corrected chi connectivity index (χ1v) is 10.9. The first-order chi connectivity index (χ1) is 15.1. The highest BCUT2D eigenvalue weighted by molar-refractivity contribution is 7.23. The number of hydrogen-bond acceptors (Lipinski definition) is 7. The van der Waals surface area contributed by atoms with E-state index in [0.29, 0.717) is 23.9 Å². The summed E-state index contributed by atoms with van der Waals surface area (Å²) in [6.07, 6.45) is 0.888. The summed E-state index contributed by atoms with van der Waals surface area (Å²) in [6, 6.07) is 10.3. The zero-order valence-corrected chi connectivity index (χ0v) is 19.3. The van der Waals surface area contributed by atoms with E-state index in [-0.39, 0.29) is 0 Å². The van der Waals surface area contributed by atoms with E-state index in [4.69, 9.17) is 23.9 Å². The molecular weight excluding hydrogens is 414 g/mol. The lowest BCUT2D eigenvalue weighted by Gasteiger charge is -2.14. The molecule has 8 heteroatoms. The number of imidazole rings is 1. The number of thiazole rings is 1. The fourth-order valence-corrected chi connectivity index (χ4v) is 4.81. The summed E-state index contributed by atoms with van der Waals surface area (Å²) in [5.41, 5.74) is 4.09. The molecule has 4 rings (SSSR count). The van der Waals surface area contributed by atoms with Crippen LogP contribution in [0.4, 0.5) is 5.82 Å². The monoisotopic (exact) mass is 441 g/mol. The third kappa shape index (κ3) is 3.88. The van der Waals surface area contributed by atoms with Gasteiger partial charge in [0.1, 0.15) is 11.5 Å². The summed E-state index contributed by atoms with van der Waals surface area (Å²) < 4.78 is 25.2. The predicted molar refractivity (Wildman–Crippen MR) is 125 cm³/mol. The van der Waals surface area contributed by atoms with Crippen molar-refractivity contribution in [2.75, 3.05) is 46.9 Å². The van der Waals surface area contributed by atoms with Crippen molar-refractivity contribution in [3.05, 3.63) is 35.9 Å². The van der Waals surface area contributed by atoms with Crippen LogP contribution in [0.2, 0.25) is 0 Å². The number of benzene rings is 2. The molecule has 7 nitrogen and oxygen atoms in total. The molecular formula is C23H27N3O4S. The maximum Gasteiger partial charge on any atom is 0.203 e. The minimum atomic E-state index is 0.560. The number of methoxy groups -OCH3 is 4. The molecule has 0 saturated heterocycles. The van der Waals surface area contributed by atoms with Crippen molar-refractivity contribution in [1.29, 1.82) is 0 Å². The highest BCUT2D eigenvalue weighted by atomic mass is 32.1. The lowest BCUT2D eigenvalue weighted by atomic mass is 10.1. The van der Waals surface area contributed by atoms with E-state index in [1.807, 2.05) is 12.1 Å². The summed E-state index contributed by atoms with van der Waals surface area (Å²) in [5.74, 6) is 2.69. The normalized spacial score (nSPS) is 11.3. The number of ether oxygens (including phenoxy) is 4. The van der Waals surface area contributed by atoms with Crippen LogP contribution in [0.5, 0.6) is 17.2 Å². The van der Waals surface area contributed by atoms with E-state index >= 15 is 0 Å². The van der Waals surface area contributed by atoms with E-state index in [1.54, 1.807) is 39.8 Å². The third-order valence-electron chi connectivity index (χ3n) is 5.16. The van der Waals surface area contributed by atoms with Gasteiger partial charge in [0.15, 0.2) is 16.5 Å². The van der Waals surface area contributed by atoms with Crippen molar-refractivity contribution >= 4 is 32.3 Å². The van der Waals surface area contributed by atoms with Crippen LogP contribution in [-0.2, 0) is 4.74 Å². The lowest BCUT2D eigenvalue weighted by Crippen LogP contribution is -2.07. The molecule has 0 unspecified atom stereocenters. The number of nitrogens with zero attached hydrogens (tertiary/aromatic N) is 2. The zero-order chi connectivity index (χ0) is 22.0. The van der Waals surface area contributed by atoms with Gasteiger partial charge in [-0.25, -0.2) is 4.98 Å². The fraction of sp³-hybridized carbons (Fsp3) is 0.348. The average molecular weight is 442 g/mol. The van der Waals surface area contributed by atoms with Crippen LogP contribution < -0.4 is 19.5 Å². The Hall–Kier alpha value is -2.97. The smallest absolute Gasteiger partial charge is 0.203 e. The number of hydrogen-bond donors (Lipinski definition) is 1. The van der Waals surface area contributed by atoms with Crippen molar-refractivity contribution in [2.24, 2.45) is 0 Å². The predicted octanol–water partition coefficient (Wildman–Crippen LogP) is 5.00. The van der Waals surface area contributed by atoms with Crippen molar-refractivity contribution in [3.63, 3.8) is 0 Å². The van der Waals surface area contributed by atoms with Crippen LogP contribution in [0.15, 0.2) is 30.3 Å². The van der Waals surface area contributed by atoms with Gasteiger partial charge in [0.05, 0.1) is 31.5 Å². The molecule has 0 amide bonds. The van der Waals surface area contributed by atoms with Gasteiger partial charge in [0, 0.05) is 25.8 Å². The molecule has 2 heterocycles. The maximum atomic E-state index is 5.56. The minimum Gasteiger partial charge on any atom is -0.493 e. The van der Waals surface area contributed by atoms with Gasteiger partial charge < -0.3 is 24.3 Å². The van der Waals surface area contributed by atoms with Crippen LogP contribution in [0.3, 0.4) is 0 Å². The quantitative estimate of drug-likeness (QED) is 0.369. The summed E-state index contributed by atoms with van der Waals surface area (Å²) in [6.45, 7) is 3.56. The second-order valence-corrected chi connectivity index (χ2v) is 8.20. The Morgan fingerprint density at radius 1 is 1.00 bits per heavy atom. The van der Waals surface area contributed by atoms with E-state index in [1.165, 1.54) is 10.3 Å². The first kappa shape index (κ1) is 21.3. The molecule has 0 fully saturated rings. The van der Waals surface area contributed by atoms with Gasteiger partial charge in [-0.2, -0.15) is 0 Å². The second kappa shape index (κ2) is 9.03. The Morgan fingerprint density at radius 2 is 1.74 bits per heavy atom. The molecule has 0 aliphatic rings. The summed E-state index contributed by atoms with van der Waals surface area (Å²) in [5, 5.41) is 3.58. The van der Waals surface area contributed by atoms with Crippen molar-refractivity contribution in [2.45, 2.75) is 13.3 Å². The lowest BCUT2D eigenvalue weighted by molar-refractivity contribution is 0.198. The van der Waals surface area contributed by atoms with Gasteiger partial charge in [-0.3, -0.25) is 4.40 Å². The number of nitrogens with one attached hydrogen (secondary N) is 1. The molecule has 4 aromatic rings. The topological polar surface area (TPSA) is 66.2 Å². The largest absolute Gasteiger partial charge is 0.493 e. The van der Waals surface area contributed by atoms with Crippen LogP contribution in [0.1, 0.15) is 12.0 Å². The molecule has 0 saturated carbocycles. The fourth-order valence-electron chi connectivity index (χ4n) is 3.68. The Labute approximate surface area is 185 Å². The molecule has 0 aliphatic heterocycles. The highest BCUT2D eigenvalue weighted by Gasteiger charge is 2.22. The van der Waals surface area contributed by atoms with E-state index < -0.39 is 0 Å². The number of fused-ring (bicyclic) bond motifs is 3. The summed E-state index contributed by atoms with van der Waals surface area (Å²) in [7, 11) is 6.55.